The van der Waals surface area contributed by atoms with E-state index in [2.05, 4.69) is 42.3 Å². The molecule has 1 rings (SSSR count). The molecule has 0 atom stereocenters. The SMILES string of the molecule is CCCCCCCCCCCCCCCCCCCn1cc[n+](CCCCCCCCCCC)c1CCCCCC. The van der Waals surface area contributed by atoms with Gasteiger partial charge in [0.05, 0.1) is 13.1 Å². The van der Waals surface area contributed by atoms with Gasteiger partial charge in [-0.1, -0.05) is 181 Å². The molecule has 0 fully saturated rings. The summed E-state index contributed by atoms with van der Waals surface area (Å²) in [6.45, 7) is 9.40. The lowest BCUT2D eigenvalue weighted by Gasteiger charge is -2.07. The highest BCUT2D eigenvalue weighted by Gasteiger charge is 2.16. The topological polar surface area (TPSA) is 8.81 Å². The molecule has 2 nitrogen and oxygen atoms in total. The smallest absolute Gasteiger partial charge is 0.234 e. The quantitative estimate of drug-likeness (QED) is 0.0584. The van der Waals surface area contributed by atoms with E-state index in [1.807, 2.05) is 0 Å². The molecule has 0 aromatic carbocycles. The maximum Gasteiger partial charge on any atom is 0.256 e. The molecule has 0 bridgehead atoms. The highest BCUT2D eigenvalue weighted by Crippen LogP contribution is 2.15. The molecule has 2 heteroatoms. The van der Waals surface area contributed by atoms with Crippen LogP contribution in [0.25, 0.3) is 0 Å². The number of nitrogens with zero attached hydrogens (tertiary/aromatic N) is 2. The van der Waals surface area contributed by atoms with Crippen LogP contribution in [0.5, 0.6) is 0 Å². The first-order valence-electron chi connectivity index (χ1n) is 19.4. The van der Waals surface area contributed by atoms with Gasteiger partial charge in [-0.25, -0.2) is 9.13 Å². The van der Waals surface area contributed by atoms with E-state index in [1.165, 1.54) is 212 Å². The molecule has 0 saturated heterocycles. The van der Waals surface area contributed by atoms with Crippen LogP contribution < -0.4 is 4.57 Å². The third-order valence-electron chi connectivity index (χ3n) is 9.35. The Morgan fingerprint density at radius 3 is 1.17 bits per heavy atom. The Bertz CT molecular complexity index is 634. The maximum atomic E-state index is 2.62. The molecule has 0 aliphatic heterocycles. The van der Waals surface area contributed by atoms with Crippen molar-refractivity contribution in [2.45, 2.75) is 233 Å². The fraction of sp³-hybridized carbons (Fsp3) is 0.923. The van der Waals surface area contributed by atoms with Gasteiger partial charge < -0.3 is 0 Å². The largest absolute Gasteiger partial charge is 0.256 e. The van der Waals surface area contributed by atoms with Crippen LogP contribution in [0.3, 0.4) is 0 Å². The predicted octanol–water partition coefficient (Wildman–Crippen LogP) is 13.1. The van der Waals surface area contributed by atoms with Gasteiger partial charge in [-0.05, 0) is 32.1 Å². The first-order chi connectivity index (χ1) is 20.3. The van der Waals surface area contributed by atoms with Gasteiger partial charge >= 0.3 is 0 Å². The lowest BCUT2D eigenvalue weighted by molar-refractivity contribution is -0.704. The van der Waals surface area contributed by atoms with Crippen molar-refractivity contribution in [3.63, 3.8) is 0 Å². The van der Waals surface area contributed by atoms with Crippen LogP contribution in [0.1, 0.15) is 219 Å². The molecular formula is C39H77N2+. The van der Waals surface area contributed by atoms with Gasteiger partial charge in [-0.3, -0.25) is 0 Å². The summed E-state index contributed by atoms with van der Waals surface area (Å²) >= 11 is 0. The summed E-state index contributed by atoms with van der Waals surface area (Å²) in [5, 5.41) is 0. The van der Waals surface area contributed by atoms with Crippen LogP contribution in [0.15, 0.2) is 12.4 Å². The molecular weight excluding hydrogens is 496 g/mol. The lowest BCUT2D eigenvalue weighted by atomic mass is 10.0. The number of hydrogen-bond donors (Lipinski definition) is 0. The average molecular weight is 574 g/mol. The van der Waals surface area contributed by atoms with E-state index >= 15 is 0 Å². The van der Waals surface area contributed by atoms with Crippen LogP contribution >= 0.6 is 0 Å². The molecule has 0 aliphatic carbocycles. The summed E-state index contributed by atoms with van der Waals surface area (Å²) in [4.78, 5) is 0. The minimum atomic E-state index is 1.23. The first kappa shape index (κ1) is 38.2. The molecule has 0 aliphatic rings. The van der Waals surface area contributed by atoms with E-state index in [4.69, 9.17) is 0 Å². The van der Waals surface area contributed by atoms with E-state index in [9.17, 15) is 0 Å². The number of aromatic nitrogens is 2. The van der Waals surface area contributed by atoms with Gasteiger partial charge in [-0.15, -0.1) is 0 Å². The zero-order chi connectivity index (χ0) is 29.5. The Hall–Kier alpha value is -0.790. The summed E-state index contributed by atoms with van der Waals surface area (Å²) in [6, 6.07) is 0. The number of imidazole rings is 1. The minimum absolute atomic E-state index is 1.23. The van der Waals surface area contributed by atoms with Gasteiger partial charge in [0.25, 0.3) is 5.82 Å². The van der Waals surface area contributed by atoms with Gasteiger partial charge in [0.15, 0.2) is 0 Å². The van der Waals surface area contributed by atoms with E-state index in [1.54, 1.807) is 5.82 Å². The second-order valence-corrected chi connectivity index (χ2v) is 13.4. The van der Waals surface area contributed by atoms with Crippen molar-refractivity contribution in [3.05, 3.63) is 18.2 Å². The van der Waals surface area contributed by atoms with Crippen molar-refractivity contribution in [2.75, 3.05) is 0 Å². The molecule has 1 aromatic rings. The fourth-order valence-electron chi connectivity index (χ4n) is 6.50. The molecule has 41 heavy (non-hydrogen) atoms. The summed E-state index contributed by atoms with van der Waals surface area (Å²) in [5.74, 6) is 1.61. The van der Waals surface area contributed by atoms with E-state index in [0.29, 0.717) is 0 Å². The normalized spacial score (nSPS) is 11.6. The van der Waals surface area contributed by atoms with Crippen molar-refractivity contribution in [1.29, 1.82) is 0 Å². The third-order valence-corrected chi connectivity index (χ3v) is 9.35. The van der Waals surface area contributed by atoms with Gasteiger partial charge in [0.2, 0.25) is 0 Å². The van der Waals surface area contributed by atoms with Crippen molar-refractivity contribution in [3.8, 4) is 0 Å². The molecule has 1 heterocycles. The van der Waals surface area contributed by atoms with Crippen molar-refractivity contribution in [2.24, 2.45) is 0 Å². The monoisotopic (exact) mass is 574 g/mol. The summed E-state index contributed by atoms with van der Waals surface area (Å²) in [6.07, 6.45) is 48.9. The Morgan fingerprint density at radius 2 is 0.756 bits per heavy atom. The van der Waals surface area contributed by atoms with Crippen molar-refractivity contribution >= 4 is 0 Å². The molecule has 0 spiro atoms. The summed E-state index contributed by atoms with van der Waals surface area (Å²) < 4.78 is 5.23. The van der Waals surface area contributed by atoms with Crippen LogP contribution in [0.2, 0.25) is 0 Å². The highest BCUT2D eigenvalue weighted by molar-refractivity contribution is 4.84. The van der Waals surface area contributed by atoms with Crippen LogP contribution in [-0.2, 0) is 19.5 Å². The Labute approximate surface area is 259 Å². The third kappa shape index (κ3) is 23.4. The molecule has 242 valence electrons. The van der Waals surface area contributed by atoms with E-state index in [0.717, 1.165) is 0 Å². The number of aryl methyl sites for hydroxylation is 2. The molecule has 0 amide bonds. The molecule has 0 N–H and O–H groups in total. The molecule has 0 unspecified atom stereocenters. The maximum absolute atomic E-state index is 2.62. The zero-order valence-corrected chi connectivity index (χ0v) is 28.9. The first-order valence-corrected chi connectivity index (χ1v) is 19.4. The van der Waals surface area contributed by atoms with Gasteiger partial charge in [-0.2, -0.15) is 0 Å². The number of unbranched alkanes of at least 4 members (excludes halogenated alkanes) is 27. The highest BCUT2D eigenvalue weighted by atomic mass is 15.1. The zero-order valence-electron chi connectivity index (χ0n) is 28.9. The van der Waals surface area contributed by atoms with E-state index < -0.39 is 0 Å². The Kier molecular flexibility index (Phi) is 28.6. The Morgan fingerprint density at radius 1 is 0.415 bits per heavy atom. The molecule has 0 saturated carbocycles. The summed E-state index contributed by atoms with van der Waals surface area (Å²) in [5.41, 5.74) is 0. The number of rotatable bonds is 33. The molecule has 1 aromatic heterocycles. The average Bonchev–Trinajstić information content (AvgIpc) is 3.37. The van der Waals surface area contributed by atoms with Crippen molar-refractivity contribution in [1.82, 2.24) is 4.57 Å². The van der Waals surface area contributed by atoms with E-state index in [-0.39, 0.29) is 0 Å². The number of hydrogen-bond acceptors (Lipinski definition) is 0. The second kappa shape index (κ2) is 30.7. The summed E-state index contributed by atoms with van der Waals surface area (Å²) in [7, 11) is 0. The standard InChI is InChI=1S/C39H77N2/c1-4-7-10-13-15-17-18-19-20-21-22-23-24-26-28-30-33-36-41-38-37-40(39(41)34-31-12-9-6-3)35-32-29-27-25-16-14-11-8-5-2/h37-38H,4-36H2,1-3H3/q+1. The second-order valence-electron chi connectivity index (χ2n) is 13.4. The van der Waals surface area contributed by atoms with Crippen LogP contribution in [-0.4, -0.2) is 4.57 Å². The van der Waals surface area contributed by atoms with Crippen molar-refractivity contribution < 1.29 is 4.57 Å². The lowest BCUT2D eigenvalue weighted by Crippen LogP contribution is -2.37. The Balaban J connectivity index is 2.12. The van der Waals surface area contributed by atoms with Gasteiger partial charge in [0, 0.05) is 6.42 Å². The molecule has 0 radical (unpaired) electrons. The minimum Gasteiger partial charge on any atom is -0.234 e. The van der Waals surface area contributed by atoms with Crippen LogP contribution in [0, 0.1) is 0 Å². The van der Waals surface area contributed by atoms with Gasteiger partial charge in [0.1, 0.15) is 12.4 Å². The predicted molar refractivity (Wildman–Crippen MR) is 184 cm³/mol. The fourth-order valence-corrected chi connectivity index (χ4v) is 6.50. The van der Waals surface area contributed by atoms with Crippen LogP contribution in [0.4, 0.5) is 0 Å².